The van der Waals surface area contributed by atoms with Crippen LogP contribution in [-0.2, 0) is 14.3 Å². The van der Waals surface area contributed by atoms with Gasteiger partial charge in [-0.15, -0.1) is 0 Å². The molecule has 2 aliphatic carbocycles. The van der Waals surface area contributed by atoms with Crippen LogP contribution in [0.3, 0.4) is 0 Å². The Bertz CT molecular complexity index is 667. The van der Waals surface area contributed by atoms with E-state index in [2.05, 4.69) is 13.8 Å². The molecule has 2 saturated heterocycles. The predicted octanol–water partition coefficient (Wildman–Crippen LogP) is 1.80. The largest absolute Gasteiger partial charge is 0.462 e. The summed E-state index contributed by atoms with van der Waals surface area (Å²) in [5.41, 5.74) is 3.41. The van der Waals surface area contributed by atoms with Crippen molar-refractivity contribution in [2.75, 3.05) is 39.3 Å². The van der Waals surface area contributed by atoms with Gasteiger partial charge in [-0.05, 0) is 51.4 Å². The van der Waals surface area contributed by atoms with E-state index < -0.39 is 0 Å². The zero-order chi connectivity index (χ0) is 19.9. The number of amides is 1. The van der Waals surface area contributed by atoms with Crippen molar-refractivity contribution >= 4 is 12.1 Å². The zero-order valence-electron chi connectivity index (χ0n) is 17.6. The Labute approximate surface area is 168 Å². The summed E-state index contributed by atoms with van der Waals surface area (Å²) in [6.07, 6.45) is 5.61. The lowest BCUT2D eigenvalue weighted by Gasteiger charge is -2.45. The van der Waals surface area contributed by atoms with Gasteiger partial charge in [0.25, 0.3) is 0 Å². The summed E-state index contributed by atoms with van der Waals surface area (Å²) in [7, 11) is 0. The number of rotatable bonds is 3. The lowest BCUT2D eigenvalue weighted by Crippen LogP contribution is -3.15. The summed E-state index contributed by atoms with van der Waals surface area (Å²) in [5, 5.41) is 0. The van der Waals surface area contributed by atoms with Crippen molar-refractivity contribution in [1.29, 1.82) is 0 Å². The van der Waals surface area contributed by atoms with Crippen LogP contribution < -0.4 is 4.90 Å². The summed E-state index contributed by atoms with van der Waals surface area (Å²) in [4.78, 5) is 27.8. The van der Waals surface area contributed by atoms with Crippen molar-refractivity contribution in [1.82, 2.24) is 4.90 Å². The molecule has 0 unspecified atom stereocenters. The highest BCUT2D eigenvalue weighted by Crippen LogP contribution is 2.54. The van der Waals surface area contributed by atoms with Crippen LogP contribution in [0.4, 0.5) is 4.79 Å². The van der Waals surface area contributed by atoms with Crippen LogP contribution in [0.2, 0.25) is 0 Å². The molecule has 0 bridgehead atoms. The van der Waals surface area contributed by atoms with Crippen molar-refractivity contribution < 1.29 is 24.0 Å². The molecule has 6 nitrogen and oxygen atoms in total. The third-order valence-electron chi connectivity index (χ3n) is 7.69. The molecule has 1 saturated carbocycles. The molecule has 28 heavy (non-hydrogen) atoms. The van der Waals surface area contributed by atoms with E-state index in [1.807, 2.05) is 6.92 Å². The maximum absolute atomic E-state index is 12.7. The monoisotopic (exact) mass is 391 g/mol. The normalized spacial score (nSPS) is 36.0. The van der Waals surface area contributed by atoms with Crippen molar-refractivity contribution in [3.63, 3.8) is 0 Å². The van der Waals surface area contributed by atoms with Crippen LogP contribution in [0.1, 0.15) is 52.9 Å². The van der Waals surface area contributed by atoms with Crippen LogP contribution in [0, 0.1) is 17.3 Å². The Morgan fingerprint density at radius 2 is 2.11 bits per heavy atom. The summed E-state index contributed by atoms with van der Waals surface area (Å²) in [5.74, 6) is 0.343. The summed E-state index contributed by atoms with van der Waals surface area (Å²) in [6.45, 7) is 10.9. The first kappa shape index (κ1) is 19.7. The fourth-order valence-corrected chi connectivity index (χ4v) is 6.08. The van der Waals surface area contributed by atoms with Crippen LogP contribution >= 0.6 is 0 Å². The number of allylic oxidation sites excluding steroid dienone is 2. The average molecular weight is 392 g/mol. The number of carbonyl (C=O) groups excluding carboxylic acids is 2. The van der Waals surface area contributed by atoms with E-state index in [-0.39, 0.29) is 29.5 Å². The van der Waals surface area contributed by atoms with Gasteiger partial charge in [-0.2, -0.15) is 0 Å². The molecule has 1 amide bonds. The molecule has 2 heterocycles. The van der Waals surface area contributed by atoms with E-state index in [0.29, 0.717) is 25.6 Å². The summed E-state index contributed by atoms with van der Waals surface area (Å²) >= 11 is 0. The molecular weight excluding hydrogens is 356 g/mol. The maximum Gasteiger partial charge on any atom is 0.410 e. The number of ether oxygens (including phenoxy) is 2. The number of piperazine rings is 1. The molecule has 4 rings (SSSR count). The van der Waals surface area contributed by atoms with Gasteiger partial charge in [-0.25, -0.2) is 4.79 Å². The molecule has 6 heteroatoms. The molecular formula is C22H35N2O4+. The van der Waals surface area contributed by atoms with E-state index >= 15 is 0 Å². The maximum atomic E-state index is 12.7. The minimum atomic E-state index is -0.215. The Morgan fingerprint density at radius 3 is 2.82 bits per heavy atom. The number of quaternary nitrogens is 1. The SMILES string of the molecule is CCOC(=O)N1CC[NH+](C[C@H]2C(=O)O[C@@H]3C[C@@]4(C)CCCC(C)=C4C[C@@H]32)CC1. The van der Waals surface area contributed by atoms with E-state index in [4.69, 9.17) is 9.47 Å². The lowest BCUT2D eigenvalue weighted by molar-refractivity contribution is -0.906. The van der Waals surface area contributed by atoms with Gasteiger partial charge in [0.05, 0.1) is 39.3 Å². The molecule has 0 aromatic heterocycles. The predicted molar refractivity (Wildman–Crippen MR) is 105 cm³/mol. The quantitative estimate of drug-likeness (QED) is 0.589. The first-order valence-electron chi connectivity index (χ1n) is 11.1. The van der Waals surface area contributed by atoms with Gasteiger partial charge in [-0.1, -0.05) is 18.1 Å². The number of hydrogen-bond donors (Lipinski definition) is 1. The smallest absolute Gasteiger partial charge is 0.410 e. The van der Waals surface area contributed by atoms with Gasteiger partial charge in [-0.3, -0.25) is 9.69 Å². The van der Waals surface area contributed by atoms with Crippen LogP contribution in [0.25, 0.3) is 0 Å². The molecule has 0 spiro atoms. The Morgan fingerprint density at radius 1 is 1.36 bits per heavy atom. The molecule has 2 aliphatic heterocycles. The van der Waals surface area contributed by atoms with Gasteiger partial charge in [0.15, 0.2) is 0 Å². The van der Waals surface area contributed by atoms with Crippen molar-refractivity contribution in [2.45, 2.75) is 59.0 Å². The molecule has 1 N–H and O–H groups in total. The van der Waals surface area contributed by atoms with Gasteiger partial charge in [0, 0.05) is 5.92 Å². The second kappa shape index (κ2) is 7.69. The summed E-state index contributed by atoms with van der Waals surface area (Å²) < 4.78 is 11.0. The third-order valence-corrected chi connectivity index (χ3v) is 7.69. The van der Waals surface area contributed by atoms with Gasteiger partial charge in [0.2, 0.25) is 0 Å². The fourth-order valence-electron chi connectivity index (χ4n) is 6.08. The molecule has 0 radical (unpaired) electrons. The van der Waals surface area contributed by atoms with Gasteiger partial charge in [0.1, 0.15) is 12.0 Å². The van der Waals surface area contributed by atoms with E-state index in [1.54, 1.807) is 16.0 Å². The number of carbonyl (C=O) groups is 2. The average Bonchev–Trinajstić information content (AvgIpc) is 2.95. The van der Waals surface area contributed by atoms with E-state index in [1.165, 1.54) is 24.2 Å². The molecule has 0 aromatic rings. The topological polar surface area (TPSA) is 60.3 Å². The Kier molecular flexibility index (Phi) is 5.43. The first-order valence-corrected chi connectivity index (χ1v) is 11.1. The number of nitrogens with zero attached hydrogens (tertiary/aromatic N) is 1. The molecule has 156 valence electrons. The van der Waals surface area contributed by atoms with E-state index in [0.717, 1.165) is 32.5 Å². The first-order chi connectivity index (χ1) is 13.4. The fraction of sp³-hybridized carbons (Fsp3) is 0.818. The zero-order valence-corrected chi connectivity index (χ0v) is 17.6. The standard InChI is InChI=1S/C22H34N2O4/c1-4-27-21(26)24-10-8-23(9-11-24)14-17-16-12-18-15(2)6-5-7-22(18,3)13-19(16)28-20(17)25/h16-17,19H,4-14H2,1-3H3/p+1/t16-,17-,19-,22-/m1/s1. The van der Waals surface area contributed by atoms with Crippen LogP contribution in [0.5, 0.6) is 0 Å². The van der Waals surface area contributed by atoms with Crippen LogP contribution in [-0.4, -0.2) is 62.4 Å². The third kappa shape index (κ3) is 3.56. The van der Waals surface area contributed by atoms with Crippen molar-refractivity contribution in [3.05, 3.63) is 11.1 Å². The summed E-state index contributed by atoms with van der Waals surface area (Å²) in [6, 6.07) is 0. The number of fused-ring (bicyclic) bond motifs is 2. The van der Waals surface area contributed by atoms with Gasteiger partial charge >= 0.3 is 12.1 Å². The molecule has 4 atom stereocenters. The highest BCUT2D eigenvalue weighted by molar-refractivity contribution is 5.75. The number of hydrogen-bond acceptors (Lipinski definition) is 4. The Hall–Kier alpha value is -1.56. The minimum Gasteiger partial charge on any atom is -0.462 e. The molecule has 4 aliphatic rings. The van der Waals surface area contributed by atoms with Gasteiger partial charge < -0.3 is 14.4 Å². The van der Waals surface area contributed by atoms with E-state index in [9.17, 15) is 9.59 Å². The van der Waals surface area contributed by atoms with Crippen molar-refractivity contribution in [3.8, 4) is 0 Å². The van der Waals surface area contributed by atoms with Crippen molar-refractivity contribution in [2.24, 2.45) is 17.3 Å². The highest BCUT2D eigenvalue weighted by atomic mass is 16.6. The molecule has 0 aromatic carbocycles. The van der Waals surface area contributed by atoms with Crippen LogP contribution in [0.15, 0.2) is 11.1 Å². The minimum absolute atomic E-state index is 0.000852. The Balaban J connectivity index is 1.40. The number of nitrogens with one attached hydrogen (secondary N) is 1. The number of esters is 1. The second-order valence-corrected chi connectivity index (χ2v) is 9.47. The molecule has 3 fully saturated rings. The lowest BCUT2D eigenvalue weighted by atomic mass is 9.59. The highest BCUT2D eigenvalue weighted by Gasteiger charge is 2.54. The second-order valence-electron chi connectivity index (χ2n) is 9.47.